The molecule has 0 aromatic rings. The van der Waals surface area contributed by atoms with Crippen molar-refractivity contribution < 1.29 is 19.5 Å². The highest BCUT2D eigenvalue weighted by Gasteiger charge is 2.74. The number of carbonyl (C=O) groups is 3. The van der Waals surface area contributed by atoms with Crippen LogP contribution in [0.5, 0.6) is 0 Å². The molecule has 0 saturated carbocycles. The van der Waals surface area contributed by atoms with Crippen molar-refractivity contribution in [3.05, 3.63) is 25.3 Å². The number of likely N-dealkylation sites (tertiary alicyclic amines) is 1. The van der Waals surface area contributed by atoms with Crippen LogP contribution in [0.2, 0.25) is 0 Å². The van der Waals surface area contributed by atoms with Gasteiger partial charge in [-0.3, -0.25) is 14.4 Å². The van der Waals surface area contributed by atoms with Gasteiger partial charge in [0.05, 0.1) is 29.2 Å². The van der Waals surface area contributed by atoms with Gasteiger partial charge >= 0.3 is 0 Å². The number of nitrogens with zero attached hydrogens (tertiary/aromatic N) is 3. The molecule has 1 spiro atoms. The number of rotatable bonds is 10. The number of fused-ring (bicyclic) bond motifs is 1. The third-order valence-corrected chi connectivity index (χ3v) is 9.30. The van der Waals surface area contributed by atoms with Gasteiger partial charge < -0.3 is 19.8 Å². The molecule has 0 aromatic carbocycles. The third-order valence-electron chi connectivity index (χ3n) is 7.34. The number of thioether (sulfide) groups is 1. The second-order valence-electron chi connectivity index (χ2n) is 9.43. The molecule has 1 N–H and O–H groups in total. The number of aliphatic hydroxyl groups is 1. The second kappa shape index (κ2) is 9.59. The van der Waals surface area contributed by atoms with Crippen LogP contribution in [0.15, 0.2) is 25.3 Å². The summed E-state index contributed by atoms with van der Waals surface area (Å²) in [7, 11) is 1.74. The lowest BCUT2D eigenvalue weighted by atomic mass is 9.70. The minimum Gasteiger partial charge on any atom is -0.394 e. The van der Waals surface area contributed by atoms with Crippen molar-refractivity contribution in [1.82, 2.24) is 14.7 Å². The van der Waals surface area contributed by atoms with Crippen molar-refractivity contribution in [3.63, 3.8) is 0 Å². The van der Waals surface area contributed by atoms with Crippen molar-refractivity contribution in [2.75, 3.05) is 26.7 Å². The second-order valence-corrected chi connectivity index (χ2v) is 11.0. The Morgan fingerprint density at radius 2 is 1.94 bits per heavy atom. The molecule has 32 heavy (non-hydrogen) atoms. The zero-order chi connectivity index (χ0) is 23.8. The quantitative estimate of drug-likeness (QED) is 0.501. The summed E-state index contributed by atoms with van der Waals surface area (Å²) in [6, 6.07) is -1.19. The van der Waals surface area contributed by atoms with Gasteiger partial charge in [-0.1, -0.05) is 19.1 Å². The third kappa shape index (κ3) is 3.69. The van der Waals surface area contributed by atoms with Crippen LogP contribution in [-0.4, -0.2) is 92.4 Å². The lowest BCUT2D eigenvalue weighted by Gasteiger charge is -2.40. The van der Waals surface area contributed by atoms with Crippen molar-refractivity contribution in [3.8, 4) is 0 Å². The standard InChI is InChI=1S/C24H37N3O4S/c1-7-12-25(6)21(29)18-17-10-11-24(32-17)19(18)22(30)27(16(9-3)14-28)20(24)23(31)26(13-8-2)15(4)5/h7-8,15-20,28H,1-2,9-14H2,3-6H3/t16-,17+,18-,19-,20?,24?/m0/s1. The highest BCUT2D eigenvalue weighted by molar-refractivity contribution is 8.02. The summed E-state index contributed by atoms with van der Waals surface area (Å²) in [5, 5.41) is 10.1. The van der Waals surface area contributed by atoms with E-state index in [1.807, 2.05) is 20.8 Å². The van der Waals surface area contributed by atoms with E-state index in [2.05, 4.69) is 13.2 Å². The molecule has 3 aliphatic rings. The maximum atomic E-state index is 14.0. The predicted molar refractivity (Wildman–Crippen MR) is 127 cm³/mol. The van der Waals surface area contributed by atoms with E-state index in [0.717, 1.165) is 12.8 Å². The topological polar surface area (TPSA) is 81.2 Å². The summed E-state index contributed by atoms with van der Waals surface area (Å²) in [4.78, 5) is 46.3. The SMILES string of the molecule is C=CCN(C)C(=O)[C@@H]1[C@H]2C(=O)N([C@@H](CC)CO)C(C(=O)N(CC=C)C(C)C)C23CC[C@H]1S3. The fourth-order valence-corrected chi connectivity index (χ4v) is 8.04. The van der Waals surface area contributed by atoms with Gasteiger partial charge in [0.2, 0.25) is 17.7 Å². The summed E-state index contributed by atoms with van der Waals surface area (Å²) >= 11 is 1.66. The first-order chi connectivity index (χ1) is 15.2. The molecule has 3 amide bonds. The van der Waals surface area contributed by atoms with Crippen LogP contribution in [0.4, 0.5) is 0 Å². The molecule has 3 fully saturated rings. The number of likely N-dealkylation sites (N-methyl/N-ethyl adjacent to an activating group) is 1. The first kappa shape index (κ1) is 24.8. The Morgan fingerprint density at radius 1 is 1.28 bits per heavy atom. The van der Waals surface area contributed by atoms with Gasteiger partial charge in [0, 0.05) is 31.4 Å². The molecule has 178 valence electrons. The van der Waals surface area contributed by atoms with Crippen LogP contribution in [0.1, 0.15) is 40.0 Å². The first-order valence-corrected chi connectivity index (χ1v) is 12.5. The maximum absolute atomic E-state index is 14.0. The van der Waals surface area contributed by atoms with Gasteiger partial charge in [0.1, 0.15) is 6.04 Å². The van der Waals surface area contributed by atoms with Crippen LogP contribution in [0.25, 0.3) is 0 Å². The molecule has 3 saturated heterocycles. The minimum atomic E-state index is -0.683. The Morgan fingerprint density at radius 3 is 2.47 bits per heavy atom. The number of carbonyl (C=O) groups excluding carboxylic acids is 3. The van der Waals surface area contributed by atoms with Crippen molar-refractivity contribution in [2.24, 2.45) is 11.8 Å². The monoisotopic (exact) mass is 463 g/mol. The molecule has 0 radical (unpaired) electrons. The summed E-state index contributed by atoms with van der Waals surface area (Å²) in [6.45, 7) is 14.0. The highest BCUT2D eigenvalue weighted by atomic mass is 32.2. The van der Waals surface area contributed by atoms with E-state index in [1.165, 1.54) is 0 Å². The van der Waals surface area contributed by atoms with Crippen LogP contribution in [-0.2, 0) is 14.4 Å². The molecule has 2 unspecified atom stereocenters. The van der Waals surface area contributed by atoms with E-state index in [0.29, 0.717) is 19.5 Å². The molecule has 8 heteroatoms. The average Bonchev–Trinajstić information content (AvgIpc) is 3.40. The smallest absolute Gasteiger partial charge is 0.247 e. The largest absolute Gasteiger partial charge is 0.394 e. The van der Waals surface area contributed by atoms with E-state index >= 15 is 0 Å². The summed E-state index contributed by atoms with van der Waals surface area (Å²) < 4.78 is -0.634. The molecular weight excluding hydrogens is 426 g/mol. The average molecular weight is 464 g/mol. The summed E-state index contributed by atoms with van der Waals surface area (Å²) in [6.07, 6.45) is 5.46. The first-order valence-electron chi connectivity index (χ1n) is 11.6. The fraction of sp³-hybridized carbons (Fsp3) is 0.708. The van der Waals surface area contributed by atoms with Gasteiger partial charge in [-0.2, -0.15) is 0 Å². The number of aliphatic hydroxyl groups excluding tert-OH is 1. The van der Waals surface area contributed by atoms with E-state index in [4.69, 9.17) is 0 Å². The summed E-state index contributed by atoms with van der Waals surface area (Å²) in [5.74, 6) is -1.32. The Kier molecular flexibility index (Phi) is 7.44. The minimum absolute atomic E-state index is 0.0299. The van der Waals surface area contributed by atoms with Gasteiger partial charge in [0.15, 0.2) is 0 Å². The Hall–Kier alpha value is -1.80. The molecule has 6 atom stereocenters. The molecule has 3 heterocycles. The zero-order valence-corrected chi connectivity index (χ0v) is 20.5. The van der Waals surface area contributed by atoms with E-state index < -0.39 is 28.7 Å². The molecule has 2 bridgehead atoms. The number of amides is 3. The van der Waals surface area contributed by atoms with Gasteiger partial charge in [0.25, 0.3) is 0 Å². The van der Waals surface area contributed by atoms with Crippen LogP contribution in [0.3, 0.4) is 0 Å². The lowest BCUT2D eigenvalue weighted by Crippen LogP contribution is -2.58. The summed E-state index contributed by atoms with van der Waals surface area (Å²) in [5.41, 5.74) is 0. The normalized spacial score (nSPS) is 31.6. The molecule has 3 aliphatic heterocycles. The number of hydrogen-bond acceptors (Lipinski definition) is 5. The van der Waals surface area contributed by atoms with Gasteiger partial charge in [-0.25, -0.2) is 0 Å². The Bertz CT molecular complexity index is 783. The zero-order valence-electron chi connectivity index (χ0n) is 19.7. The van der Waals surface area contributed by atoms with E-state index in [-0.39, 0.29) is 35.6 Å². The highest BCUT2D eigenvalue weighted by Crippen LogP contribution is 2.67. The Labute approximate surface area is 195 Å². The van der Waals surface area contributed by atoms with E-state index in [9.17, 15) is 19.5 Å². The fourth-order valence-electron chi connectivity index (χ4n) is 5.85. The van der Waals surface area contributed by atoms with Crippen LogP contribution in [0, 0.1) is 11.8 Å². The predicted octanol–water partition coefficient (Wildman–Crippen LogP) is 1.92. The van der Waals surface area contributed by atoms with E-state index in [1.54, 1.807) is 45.7 Å². The van der Waals surface area contributed by atoms with Gasteiger partial charge in [-0.15, -0.1) is 24.9 Å². The number of hydrogen-bond donors (Lipinski definition) is 1. The van der Waals surface area contributed by atoms with Crippen molar-refractivity contribution >= 4 is 29.5 Å². The maximum Gasteiger partial charge on any atom is 0.247 e. The van der Waals surface area contributed by atoms with Crippen LogP contribution < -0.4 is 0 Å². The lowest BCUT2D eigenvalue weighted by molar-refractivity contribution is -0.147. The molecule has 7 nitrogen and oxygen atoms in total. The van der Waals surface area contributed by atoms with Crippen LogP contribution >= 0.6 is 11.8 Å². The van der Waals surface area contributed by atoms with Crippen molar-refractivity contribution in [2.45, 2.75) is 68.2 Å². The Balaban J connectivity index is 2.09. The van der Waals surface area contributed by atoms with Gasteiger partial charge in [-0.05, 0) is 33.1 Å². The molecule has 3 rings (SSSR count). The van der Waals surface area contributed by atoms with Crippen molar-refractivity contribution in [1.29, 1.82) is 0 Å². The molecular formula is C24H37N3O4S. The molecule has 0 aromatic heterocycles. The molecule has 0 aliphatic carbocycles.